The minimum atomic E-state index is -0.994. The third-order valence-electron chi connectivity index (χ3n) is 5.80. The Hall–Kier alpha value is -0.690. The molecule has 0 saturated heterocycles. The first-order valence-electron chi connectivity index (χ1n) is 12.6. The number of carbonyl (C=O) groups excluding carboxylic acids is 2. The first-order chi connectivity index (χ1) is 15.3. The van der Waals surface area contributed by atoms with E-state index in [1.54, 1.807) is 21.6 Å². The maximum Gasteiger partial charge on any atom is 0.323 e. The molecule has 0 radical (unpaired) electrons. The predicted octanol–water partition coefficient (Wildman–Crippen LogP) is 6.84. The molecule has 0 bridgehead atoms. The molecular weight excluding hydrogens is 442 g/mol. The molecular formula is C25H47NO4S2. The summed E-state index contributed by atoms with van der Waals surface area (Å²) in [5.41, 5.74) is 0. The number of hydrogen-bond acceptors (Lipinski definition) is 5. The van der Waals surface area contributed by atoms with Gasteiger partial charge in [-0.15, -0.1) is 0 Å². The summed E-state index contributed by atoms with van der Waals surface area (Å²) >= 11 is 0. The molecule has 0 aromatic rings. The third kappa shape index (κ3) is 16.9. The Balaban J connectivity index is 4.17. The molecule has 188 valence electrons. The van der Waals surface area contributed by atoms with Gasteiger partial charge in [0.2, 0.25) is 5.91 Å². The molecule has 1 amide bonds. The zero-order valence-corrected chi connectivity index (χ0v) is 22.5. The average molecular weight is 490 g/mol. The van der Waals surface area contributed by atoms with Crippen molar-refractivity contribution in [2.75, 3.05) is 25.1 Å². The number of carbonyl (C=O) groups is 3. The van der Waals surface area contributed by atoms with Gasteiger partial charge in [-0.2, -0.15) is 0 Å². The Morgan fingerprint density at radius 3 is 2.12 bits per heavy atom. The Morgan fingerprint density at radius 2 is 1.50 bits per heavy atom. The number of hydrogen-bond donors (Lipinski definition) is 1. The van der Waals surface area contributed by atoms with Crippen molar-refractivity contribution < 1.29 is 19.5 Å². The van der Waals surface area contributed by atoms with Crippen molar-refractivity contribution in [3.63, 3.8) is 0 Å². The van der Waals surface area contributed by atoms with Crippen LogP contribution in [0.4, 0.5) is 0 Å². The maximum absolute atomic E-state index is 12.9. The SMILES string of the molecule is CCCCCCC(CCC)CC(CCC)C(=O)CCCSSCCC(=O)N(C)CC(=O)O. The lowest BCUT2D eigenvalue weighted by Crippen LogP contribution is -2.32. The summed E-state index contributed by atoms with van der Waals surface area (Å²) in [6.45, 7) is 6.42. The van der Waals surface area contributed by atoms with E-state index in [0.29, 0.717) is 30.3 Å². The van der Waals surface area contributed by atoms with Crippen LogP contribution in [0.3, 0.4) is 0 Å². The molecule has 0 saturated carbocycles. The van der Waals surface area contributed by atoms with Gasteiger partial charge in [0.1, 0.15) is 12.3 Å². The Labute approximate surface area is 204 Å². The van der Waals surface area contributed by atoms with E-state index in [9.17, 15) is 14.4 Å². The highest BCUT2D eigenvalue weighted by Crippen LogP contribution is 2.29. The topological polar surface area (TPSA) is 74.7 Å². The van der Waals surface area contributed by atoms with Crippen molar-refractivity contribution in [3.8, 4) is 0 Å². The van der Waals surface area contributed by atoms with Crippen LogP contribution in [0.2, 0.25) is 0 Å². The lowest BCUT2D eigenvalue weighted by atomic mass is 9.82. The van der Waals surface area contributed by atoms with Crippen LogP contribution in [0.5, 0.6) is 0 Å². The zero-order chi connectivity index (χ0) is 24.2. The monoisotopic (exact) mass is 489 g/mol. The van der Waals surface area contributed by atoms with Crippen LogP contribution >= 0.6 is 21.6 Å². The number of aliphatic carboxylic acids is 1. The molecule has 5 nitrogen and oxygen atoms in total. The maximum atomic E-state index is 12.9. The first-order valence-corrected chi connectivity index (χ1v) is 15.1. The number of amides is 1. The smallest absolute Gasteiger partial charge is 0.323 e. The fourth-order valence-corrected chi connectivity index (χ4v) is 6.11. The second kappa shape index (κ2) is 20.9. The van der Waals surface area contributed by atoms with Gasteiger partial charge in [0, 0.05) is 37.3 Å². The second-order valence-electron chi connectivity index (χ2n) is 8.83. The highest BCUT2D eigenvalue weighted by Gasteiger charge is 2.21. The molecule has 0 aliphatic carbocycles. The number of nitrogens with zero attached hydrogens (tertiary/aromatic N) is 1. The van der Waals surface area contributed by atoms with Crippen LogP contribution in [0.25, 0.3) is 0 Å². The number of Topliss-reactive ketones (excluding diaryl/α,β-unsaturated/α-hetero) is 1. The van der Waals surface area contributed by atoms with Crippen molar-refractivity contribution in [1.29, 1.82) is 0 Å². The lowest BCUT2D eigenvalue weighted by Gasteiger charge is -2.22. The van der Waals surface area contributed by atoms with E-state index in [1.807, 2.05) is 0 Å². The summed E-state index contributed by atoms with van der Waals surface area (Å²) in [6.07, 6.45) is 14.0. The van der Waals surface area contributed by atoms with Gasteiger partial charge in [0.15, 0.2) is 0 Å². The van der Waals surface area contributed by atoms with Gasteiger partial charge >= 0.3 is 5.97 Å². The predicted molar refractivity (Wildman–Crippen MR) is 139 cm³/mol. The standard InChI is InChI=1S/C25H47NO4S2/c1-5-8-9-10-14-21(12-6-2)19-22(13-7-3)23(27)15-11-17-31-32-18-16-24(28)26(4)20-25(29)30/h21-22H,5-20H2,1-4H3,(H,29,30). The van der Waals surface area contributed by atoms with Crippen LogP contribution in [-0.4, -0.2) is 52.8 Å². The van der Waals surface area contributed by atoms with E-state index >= 15 is 0 Å². The third-order valence-corrected chi connectivity index (χ3v) is 8.30. The first kappa shape index (κ1) is 31.3. The van der Waals surface area contributed by atoms with Crippen molar-refractivity contribution in [3.05, 3.63) is 0 Å². The van der Waals surface area contributed by atoms with Gasteiger partial charge in [0.05, 0.1) is 0 Å². The molecule has 0 aromatic heterocycles. The minimum Gasteiger partial charge on any atom is -0.480 e. The fourth-order valence-electron chi connectivity index (χ4n) is 4.05. The molecule has 2 atom stereocenters. The van der Waals surface area contributed by atoms with Crippen molar-refractivity contribution in [2.24, 2.45) is 11.8 Å². The van der Waals surface area contributed by atoms with E-state index in [1.165, 1.54) is 56.9 Å². The van der Waals surface area contributed by atoms with Gasteiger partial charge in [-0.25, -0.2) is 0 Å². The molecule has 1 N–H and O–H groups in total. The summed E-state index contributed by atoms with van der Waals surface area (Å²) in [6, 6.07) is 0. The molecule has 32 heavy (non-hydrogen) atoms. The normalized spacial score (nSPS) is 13.0. The van der Waals surface area contributed by atoms with Crippen LogP contribution in [0.15, 0.2) is 0 Å². The number of rotatable bonds is 22. The highest BCUT2D eigenvalue weighted by atomic mass is 33.1. The van der Waals surface area contributed by atoms with Crippen LogP contribution in [0, 0.1) is 11.8 Å². The number of ketones is 1. The largest absolute Gasteiger partial charge is 0.480 e. The summed E-state index contributed by atoms with van der Waals surface area (Å²) in [4.78, 5) is 36.6. The molecule has 0 heterocycles. The summed E-state index contributed by atoms with van der Waals surface area (Å²) in [5, 5.41) is 8.72. The van der Waals surface area contributed by atoms with E-state index < -0.39 is 5.97 Å². The Kier molecular flexibility index (Phi) is 20.4. The molecule has 0 fully saturated rings. The van der Waals surface area contributed by atoms with E-state index in [4.69, 9.17) is 5.11 Å². The fraction of sp³-hybridized carbons (Fsp3) is 0.880. The van der Waals surface area contributed by atoms with E-state index in [0.717, 1.165) is 31.4 Å². The summed E-state index contributed by atoms with van der Waals surface area (Å²) in [7, 11) is 4.85. The molecule has 0 aliphatic rings. The number of likely N-dealkylation sites (N-methyl/N-ethyl adjacent to an activating group) is 1. The second-order valence-corrected chi connectivity index (χ2v) is 11.5. The molecule has 0 aromatic carbocycles. The van der Waals surface area contributed by atoms with Gasteiger partial charge < -0.3 is 10.0 Å². The molecule has 0 rings (SSSR count). The van der Waals surface area contributed by atoms with Crippen molar-refractivity contribution in [2.45, 2.75) is 104 Å². The summed E-state index contributed by atoms with van der Waals surface area (Å²) in [5.74, 6) is 1.79. The van der Waals surface area contributed by atoms with Gasteiger partial charge in [-0.3, -0.25) is 14.4 Å². The Bertz CT molecular complexity index is 516. The van der Waals surface area contributed by atoms with Crippen LogP contribution in [-0.2, 0) is 14.4 Å². The molecule has 7 heteroatoms. The molecule has 2 unspecified atom stereocenters. The number of unbranched alkanes of at least 4 members (excludes halogenated alkanes) is 3. The minimum absolute atomic E-state index is 0.144. The molecule has 0 aliphatic heterocycles. The van der Waals surface area contributed by atoms with Crippen LogP contribution in [0.1, 0.15) is 104 Å². The zero-order valence-electron chi connectivity index (χ0n) is 20.9. The summed E-state index contributed by atoms with van der Waals surface area (Å²) < 4.78 is 0. The quantitative estimate of drug-likeness (QED) is 0.132. The number of carboxylic acids is 1. The van der Waals surface area contributed by atoms with Gasteiger partial charge in [-0.05, 0) is 25.2 Å². The average Bonchev–Trinajstić information content (AvgIpc) is 2.74. The highest BCUT2D eigenvalue weighted by molar-refractivity contribution is 8.76. The van der Waals surface area contributed by atoms with Crippen molar-refractivity contribution >= 4 is 39.2 Å². The van der Waals surface area contributed by atoms with E-state index in [-0.39, 0.29) is 18.4 Å². The van der Waals surface area contributed by atoms with E-state index in [2.05, 4.69) is 20.8 Å². The van der Waals surface area contributed by atoms with Gasteiger partial charge in [-0.1, -0.05) is 93.7 Å². The van der Waals surface area contributed by atoms with Crippen LogP contribution < -0.4 is 0 Å². The Morgan fingerprint density at radius 1 is 0.812 bits per heavy atom. The van der Waals surface area contributed by atoms with Gasteiger partial charge in [0.25, 0.3) is 0 Å². The molecule has 0 spiro atoms. The van der Waals surface area contributed by atoms with Crippen molar-refractivity contribution in [1.82, 2.24) is 4.90 Å². The number of carboxylic acid groups (broad SMARTS) is 1. The lowest BCUT2D eigenvalue weighted by molar-refractivity contribution is -0.143.